The molecule has 1 heterocycles. The predicted molar refractivity (Wildman–Crippen MR) is 231 cm³/mol. The SMILES string of the molecule is CC1(c2ccc(N(c3ccc4c(c3)C(C)(C)c3ccccc3-4)c3ccc4c(c3)C(C)(C)c3ccccc3-4)cc2)CC=C(/C(S)=C/C=C/C=C(\C#N)C(=O)O)S1. The molecule has 1 atom stereocenters. The Labute approximate surface area is 333 Å². The summed E-state index contributed by atoms with van der Waals surface area (Å²) in [5, 5.41) is 18.1. The van der Waals surface area contributed by atoms with Crippen LogP contribution in [0.15, 0.2) is 155 Å². The van der Waals surface area contributed by atoms with E-state index in [-0.39, 0.29) is 21.2 Å². The zero-order valence-corrected chi connectivity index (χ0v) is 33.3. The maximum Gasteiger partial charge on any atom is 0.346 e. The molecule has 0 spiro atoms. The molecule has 0 bridgehead atoms. The lowest BCUT2D eigenvalue weighted by Crippen LogP contribution is -2.18. The number of benzene rings is 5. The van der Waals surface area contributed by atoms with Crippen LogP contribution in [0.2, 0.25) is 0 Å². The first kappa shape index (κ1) is 36.5. The zero-order valence-electron chi connectivity index (χ0n) is 31.6. The van der Waals surface area contributed by atoms with E-state index in [9.17, 15) is 4.79 Å². The molecule has 0 saturated carbocycles. The van der Waals surface area contributed by atoms with Crippen LogP contribution >= 0.6 is 24.4 Å². The summed E-state index contributed by atoms with van der Waals surface area (Å²) in [5.41, 5.74) is 14.7. The van der Waals surface area contributed by atoms with Crippen LogP contribution in [0.3, 0.4) is 0 Å². The first-order valence-corrected chi connectivity index (χ1v) is 19.8. The van der Waals surface area contributed by atoms with Gasteiger partial charge in [-0.2, -0.15) is 5.26 Å². The summed E-state index contributed by atoms with van der Waals surface area (Å²) in [5.74, 6) is -1.24. The van der Waals surface area contributed by atoms with Gasteiger partial charge in [-0.15, -0.1) is 24.4 Å². The number of allylic oxidation sites excluding steroid dienone is 5. The van der Waals surface area contributed by atoms with Gasteiger partial charge in [0.2, 0.25) is 0 Å². The lowest BCUT2D eigenvalue weighted by molar-refractivity contribution is -0.132. The smallest absolute Gasteiger partial charge is 0.346 e. The fourth-order valence-electron chi connectivity index (χ4n) is 8.56. The molecule has 5 aromatic carbocycles. The maximum absolute atomic E-state index is 11.1. The summed E-state index contributed by atoms with van der Waals surface area (Å²) >= 11 is 6.53. The van der Waals surface area contributed by atoms with Crippen molar-refractivity contribution in [2.45, 2.75) is 56.6 Å². The van der Waals surface area contributed by atoms with Crippen LogP contribution in [0.5, 0.6) is 0 Å². The third kappa shape index (κ3) is 6.16. The highest BCUT2D eigenvalue weighted by Crippen LogP contribution is 2.55. The van der Waals surface area contributed by atoms with E-state index in [2.05, 4.69) is 155 Å². The molecule has 6 heteroatoms. The highest BCUT2D eigenvalue weighted by Gasteiger charge is 2.38. The summed E-state index contributed by atoms with van der Waals surface area (Å²) in [6, 6.07) is 42.2. The van der Waals surface area contributed by atoms with Crippen molar-refractivity contribution in [2.75, 3.05) is 4.90 Å². The van der Waals surface area contributed by atoms with E-state index >= 15 is 0 Å². The van der Waals surface area contributed by atoms with Gasteiger partial charge in [-0.25, -0.2) is 4.79 Å². The molecule has 55 heavy (non-hydrogen) atoms. The molecule has 1 N–H and O–H groups in total. The number of carboxylic acid groups (broad SMARTS) is 1. The third-order valence-electron chi connectivity index (χ3n) is 11.6. The van der Waals surface area contributed by atoms with Crippen molar-refractivity contribution in [1.82, 2.24) is 0 Å². The fourth-order valence-corrected chi connectivity index (χ4v) is 10.1. The number of nitriles is 1. The summed E-state index contributed by atoms with van der Waals surface area (Å²) in [7, 11) is 0. The van der Waals surface area contributed by atoms with Crippen molar-refractivity contribution in [1.29, 1.82) is 5.26 Å². The second-order valence-corrected chi connectivity index (χ2v) is 17.7. The van der Waals surface area contributed by atoms with Crippen molar-refractivity contribution in [3.05, 3.63) is 183 Å². The van der Waals surface area contributed by atoms with Gasteiger partial charge in [0.15, 0.2) is 0 Å². The van der Waals surface area contributed by atoms with Gasteiger partial charge in [-0.1, -0.05) is 119 Å². The van der Waals surface area contributed by atoms with Crippen LogP contribution in [-0.4, -0.2) is 11.1 Å². The highest BCUT2D eigenvalue weighted by atomic mass is 32.2. The minimum Gasteiger partial charge on any atom is -0.477 e. The Hall–Kier alpha value is -5.48. The van der Waals surface area contributed by atoms with E-state index in [0.717, 1.165) is 33.3 Å². The first-order valence-electron chi connectivity index (χ1n) is 18.5. The Balaban J connectivity index is 1.14. The van der Waals surface area contributed by atoms with Crippen molar-refractivity contribution >= 4 is 47.4 Å². The predicted octanol–water partition coefficient (Wildman–Crippen LogP) is 12.9. The van der Waals surface area contributed by atoms with Gasteiger partial charge in [-0.05, 0) is 112 Å². The fraction of sp³-hybridized carbons (Fsp3) is 0.184. The van der Waals surface area contributed by atoms with Gasteiger partial charge >= 0.3 is 5.97 Å². The molecule has 0 amide bonds. The quantitative estimate of drug-likeness (QED) is 0.0715. The Kier molecular flexibility index (Phi) is 9.07. The molecule has 0 fully saturated rings. The second-order valence-electron chi connectivity index (χ2n) is 15.7. The summed E-state index contributed by atoms with van der Waals surface area (Å²) in [6.07, 6.45) is 9.43. The van der Waals surface area contributed by atoms with Crippen LogP contribution in [-0.2, 0) is 20.4 Å². The summed E-state index contributed by atoms with van der Waals surface area (Å²) in [6.45, 7) is 11.6. The van der Waals surface area contributed by atoms with E-state index in [1.54, 1.807) is 30.0 Å². The molecule has 0 aromatic heterocycles. The molecule has 0 radical (unpaired) electrons. The van der Waals surface area contributed by atoms with Gasteiger partial charge in [0.05, 0.1) is 0 Å². The number of hydrogen-bond donors (Lipinski definition) is 2. The molecule has 272 valence electrons. The van der Waals surface area contributed by atoms with E-state index in [1.807, 2.05) is 6.08 Å². The summed E-state index contributed by atoms with van der Waals surface area (Å²) in [4.78, 5) is 15.4. The molecular weight excluding hydrogens is 713 g/mol. The average molecular weight is 755 g/mol. The topological polar surface area (TPSA) is 64.3 Å². The molecule has 5 aromatic rings. The molecular formula is C49H42N2O2S2. The van der Waals surface area contributed by atoms with Crippen LogP contribution in [0.25, 0.3) is 22.3 Å². The lowest BCUT2D eigenvalue weighted by atomic mass is 9.82. The number of rotatable bonds is 8. The van der Waals surface area contributed by atoms with E-state index in [0.29, 0.717) is 0 Å². The van der Waals surface area contributed by atoms with Gasteiger partial charge in [0, 0.05) is 42.4 Å². The lowest BCUT2D eigenvalue weighted by Gasteiger charge is -2.30. The van der Waals surface area contributed by atoms with Crippen LogP contribution in [0.4, 0.5) is 17.1 Å². The molecule has 8 rings (SSSR count). The molecule has 3 aliphatic rings. The standard InChI is InChI=1S/C49H42N2O2S2/c1-47(2)40-15-9-7-13-36(40)38-24-22-34(28-42(38)47)51(35-23-25-39-37-14-8-10-16-41(37)48(3,4)43(39)29-35)33-20-18-32(19-21-33)49(5)27-26-45(55-49)44(54)17-11-6-12-31(30-50)46(52)53/h6-26,28-29,54H,27H2,1-5H3,(H,52,53)/b11-6+,31-12+,44-17-. The molecule has 0 saturated heterocycles. The molecule has 4 nitrogen and oxygen atoms in total. The van der Waals surface area contributed by atoms with Crippen molar-refractivity contribution in [2.24, 2.45) is 0 Å². The average Bonchev–Trinajstić information content (AvgIpc) is 3.78. The Morgan fingerprint density at radius 1 is 0.709 bits per heavy atom. The van der Waals surface area contributed by atoms with Crippen molar-refractivity contribution in [3.63, 3.8) is 0 Å². The minimum atomic E-state index is -1.24. The van der Waals surface area contributed by atoms with E-state index < -0.39 is 5.97 Å². The van der Waals surface area contributed by atoms with E-state index in [4.69, 9.17) is 23.0 Å². The number of aliphatic carboxylic acids is 1. The number of thiol groups is 1. The number of nitrogens with zero attached hydrogens (tertiary/aromatic N) is 2. The molecule has 1 unspecified atom stereocenters. The Morgan fingerprint density at radius 3 is 1.73 bits per heavy atom. The minimum absolute atomic E-state index is 0.122. The Bertz CT molecular complexity index is 2460. The van der Waals surface area contributed by atoms with Crippen LogP contribution in [0, 0.1) is 11.3 Å². The second kappa shape index (κ2) is 13.7. The number of carbonyl (C=O) groups is 1. The van der Waals surface area contributed by atoms with E-state index in [1.165, 1.54) is 56.1 Å². The zero-order chi connectivity index (χ0) is 38.7. The number of thioether (sulfide) groups is 1. The third-order valence-corrected chi connectivity index (χ3v) is 13.6. The van der Waals surface area contributed by atoms with Gasteiger partial charge in [0.25, 0.3) is 0 Å². The number of hydrogen-bond acceptors (Lipinski definition) is 5. The van der Waals surface area contributed by atoms with Crippen molar-refractivity contribution in [3.8, 4) is 28.3 Å². The number of anilines is 3. The van der Waals surface area contributed by atoms with Crippen LogP contribution in [0.1, 0.15) is 68.9 Å². The van der Waals surface area contributed by atoms with Gasteiger partial charge in [-0.3, -0.25) is 0 Å². The molecule has 1 aliphatic heterocycles. The van der Waals surface area contributed by atoms with Gasteiger partial charge in [0.1, 0.15) is 11.6 Å². The first-order chi connectivity index (χ1) is 26.3. The van der Waals surface area contributed by atoms with Crippen molar-refractivity contribution < 1.29 is 9.90 Å². The highest BCUT2D eigenvalue weighted by molar-refractivity contribution is 8.05. The number of fused-ring (bicyclic) bond motifs is 6. The maximum atomic E-state index is 11.1. The van der Waals surface area contributed by atoms with Crippen LogP contribution < -0.4 is 4.90 Å². The Morgan fingerprint density at radius 2 is 1.20 bits per heavy atom. The summed E-state index contributed by atoms with van der Waals surface area (Å²) < 4.78 is -0.186. The van der Waals surface area contributed by atoms with Gasteiger partial charge < -0.3 is 10.0 Å². The molecule has 2 aliphatic carbocycles. The normalized spacial score (nSPS) is 19.0. The largest absolute Gasteiger partial charge is 0.477 e. The number of carboxylic acids is 1. The monoisotopic (exact) mass is 754 g/mol.